The molecule has 1 saturated carbocycles. The number of carbonyl (C=O) groups excluding carboxylic acids is 5. The number of nitrogens with one attached hydrogen (secondary N) is 3. The fourth-order valence-corrected chi connectivity index (χ4v) is 10.1. The van der Waals surface area contributed by atoms with Crippen LogP contribution in [0.25, 0.3) is 5.65 Å². The molecule has 1 aliphatic carbocycles. The number of imide groups is 2. The predicted molar refractivity (Wildman–Crippen MR) is 234 cm³/mol. The summed E-state index contributed by atoms with van der Waals surface area (Å²) in [7, 11) is 0. The van der Waals surface area contributed by atoms with Crippen molar-refractivity contribution in [3.8, 4) is 0 Å². The molecule has 1 aromatic carbocycles. The van der Waals surface area contributed by atoms with E-state index in [1.165, 1.54) is 16.9 Å². The van der Waals surface area contributed by atoms with Gasteiger partial charge in [-0.15, -0.1) is 0 Å². The van der Waals surface area contributed by atoms with Crippen molar-refractivity contribution < 1.29 is 47.3 Å². The third-order valence-electron chi connectivity index (χ3n) is 13.4. The molecule has 19 nitrogen and oxygen atoms in total. The number of benzene rings is 1. The third-order valence-corrected chi connectivity index (χ3v) is 13.4. The molecule has 66 heavy (non-hydrogen) atoms. The van der Waals surface area contributed by atoms with Crippen molar-refractivity contribution in [2.24, 2.45) is 11.8 Å². The summed E-state index contributed by atoms with van der Waals surface area (Å²) in [4.78, 5) is 74.2. The number of anilines is 3. The quantitative estimate of drug-likeness (QED) is 0.0932. The van der Waals surface area contributed by atoms with Crippen LogP contribution in [0.5, 0.6) is 0 Å². The molecule has 1 unspecified atom stereocenters. The molecule has 4 N–H and O–H groups in total. The smallest absolute Gasteiger partial charge is 0.284 e. The van der Waals surface area contributed by atoms with E-state index in [4.69, 9.17) is 14.5 Å². The maximum Gasteiger partial charge on any atom is 0.284 e. The van der Waals surface area contributed by atoms with Gasteiger partial charge in [-0.05, 0) is 75.0 Å². The first-order chi connectivity index (χ1) is 31.9. The molecule has 4 fully saturated rings. The summed E-state index contributed by atoms with van der Waals surface area (Å²) in [5.74, 6) is -1.42. The minimum Gasteiger partial charge on any atom is -0.394 e. The van der Waals surface area contributed by atoms with Crippen LogP contribution in [0.4, 0.5) is 26.0 Å². The molecule has 3 saturated heterocycles. The summed E-state index contributed by atoms with van der Waals surface area (Å²) >= 11 is 0. The second-order valence-electron chi connectivity index (χ2n) is 18.1. The van der Waals surface area contributed by atoms with Crippen LogP contribution < -0.4 is 20.9 Å². The number of halogens is 2. The average molecular weight is 916 g/mol. The van der Waals surface area contributed by atoms with Crippen molar-refractivity contribution >= 4 is 52.4 Å². The number of piperidine rings is 1. The summed E-state index contributed by atoms with van der Waals surface area (Å²) in [5, 5.41) is 26.6. The van der Waals surface area contributed by atoms with Crippen molar-refractivity contribution in [3.05, 3.63) is 65.2 Å². The predicted octanol–water partition coefficient (Wildman–Crippen LogP) is 3.67. The number of alkyl halides is 2. The molecule has 4 aromatic rings. The molecule has 9 rings (SSSR count). The van der Waals surface area contributed by atoms with Gasteiger partial charge in [-0.3, -0.25) is 43.8 Å². The Bertz CT molecular complexity index is 2470. The fourth-order valence-electron chi connectivity index (χ4n) is 10.1. The van der Waals surface area contributed by atoms with E-state index < -0.39 is 47.7 Å². The van der Waals surface area contributed by atoms with Crippen molar-refractivity contribution in [3.63, 3.8) is 0 Å². The van der Waals surface area contributed by atoms with Gasteiger partial charge in [-0.2, -0.15) is 10.2 Å². The van der Waals surface area contributed by atoms with E-state index in [9.17, 15) is 37.9 Å². The zero-order valence-electron chi connectivity index (χ0n) is 36.7. The highest BCUT2D eigenvalue weighted by molar-refractivity contribution is 6.25. The molecule has 3 aromatic heterocycles. The minimum absolute atomic E-state index is 0.0174. The number of morpholine rings is 1. The number of hydrogen-bond acceptors (Lipinski definition) is 14. The summed E-state index contributed by atoms with van der Waals surface area (Å²) in [6.45, 7) is 7.12. The normalized spacial score (nSPS) is 25.0. The zero-order chi connectivity index (χ0) is 46.1. The number of hydrogen-bond donors (Lipinski definition) is 4. The Morgan fingerprint density at radius 3 is 2.68 bits per heavy atom. The highest BCUT2D eigenvalue weighted by atomic mass is 19.3. The minimum atomic E-state index is -2.90. The molecule has 0 spiro atoms. The molecule has 5 amide bonds. The molecule has 352 valence electrons. The molecule has 4 atom stereocenters. The third kappa shape index (κ3) is 9.38. The zero-order valence-corrected chi connectivity index (χ0v) is 36.7. The largest absolute Gasteiger partial charge is 0.394 e. The van der Waals surface area contributed by atoms with E-state index in [1.807, 2.05) is 4.90 Å². The lowest BCUT2D eigenvalue weighted by atomic mass is 9.85. The number of aliphatic hydroxyl groups excluding tert-OH is 1. The molecule has 4 aliphatic heterocycles. The monoisotopic (exact) mass is 915 g/mol. The van der Waals surface area contributed by atoms with Gasteiger partial charge in [0.05, 0.1) is 61.0 Å². The average Bonchev–Trinajstić information content (AvgIpc) is 4.09. The van der Waals surface area contributed by atoms with E-state index in [2.05, 4.69) is 38.0 Å². The Kier molecular flexibility index (Phi) is 13.4. The highest BCUT2D eigenvalue weighted by Crippen LogP contribution is 2.37. The Balaban J connectivity index is 0.716. The lowest BCUT2D eigenvalue weighted by Gasteiger charge is -2.37. The van der Waals surface area contributed by atoms with E-state index in [0.29, 0.717) is 62.7 Å². The number of amides is 5. The highest BCUT2D eigenvalue weighted by Gasteiger charge is 2.45. The molecular weight excluding hydrogens is 861 g/mol. The van der Waals surface area contributed by atoms with Gasteiger partial charge in [0, 0.05) is 63.8 Å². The van der Waals surface area contributed by atoms with Gasteiger partial charge < -0.3 is 30.1 Å². The van der Waals surface area contributed by atoms with E-state index in [0.717, 1.165) is 56.6 Å². The first-order valence-electron chi connectivity index (χ1n) is 22.9. The molecule has 5 aliphatic rings. The van der Waals surface area contributed by atoms with Crippen LogP contribution in [0.2, 0.25) is 0 Å². The number of rotatable bonds is 16. The van der Waals surface area contributed by atoms with Crippen LogP contribution in [0.3, 0.4) is 0 Å². The molecule has 7 heterocycles. The molecular formula is C45H55F2N11O8. The summed E-state index contributed by atoms with van der Waals surface area (Å²) in [5.41, 5.74) is 0.816. The Hall–Kier alpha value is -5.90. The standard InChI is InChI=1S/C45H55F2N11O8/c1-26-18-29(24-59)55(20-26)36-12-14-56-41(51-36)32(19-49-56)42(61)50-34-23-57(53-39(34)40(46)47)28-8-6-27(7-9-28)21-54-15-17-66-30(22-54)25-65-16-3-13-48-33-5-2-4-31-38(33)45(64)58(44(31)63)35-10-11-37(60)52-43(35)62/h2,4-5,12,14,19,23,26-30,35,40,48,59H,3,6-11,13,15-18,20-22,24-25H2,1H3,(H,50,61)(H,52,60,62)/t26-,27?,28?,29+,30-,35?/m0/s1. The molecule has 0 radical (unpaired) electrons. The number of aliphatic hydroxyl groups is 1. The summed E-state index contributed by atoms with van der Waals surface area (Å²) < 4.78 is 43.7. The lowest BCUT2D eigenvalue weighted by molar-refractivity contribution is -0.136. The van der Waals surface area contributed by atoms with Gasteiger partial charge in [-0.25, -0.2) is 18.3 Å². The first-order valence-corrected chi connectivity index (χ1v) is 22.9. The van der Waals surface area contributed by atoms with Gasteiger partial charge in [-0.1, -0.05) is 13.0 Å². The number of aromatic nitrogens is 5. The topological polar surface area (TPSA) is 218 Å². The number of fused-ring (bicyclic) bond motifs is 2. The molecule has 21 heteroatoms. The van der Waals surface area contributed by atoms with Gasteiger partial charge in [0.1, 0.15) is 17.4 Å². The van der Waals surface area contributed by atoms with Gasteiger partial charge in [0.2, 0.25) is 11.8 Å². The second-order valence-corrected chi connectivity index (χ2v) is 18.1. The maximum atomic E-state index is 14.3. The molecule has 0 bridgehead atoms. The van der Waals surface area contributed by atoms with Crippen molar-refractivity contribution in [2.45, 2.75) is 88.9 Å². The van der Waals surface area contributed by atoms with Crippen LogP contribution >= 0.6 is 0 Å². The van der Waals surface area contributed by atoms with Crippen LogP contribution in [0.15, 0.2) is 42.9 Å². The Labute approximate surface area is 379 Å². The number of carbonyl (C=O) groups is 5. The van der Waals surface area contributed by atoms with Crippen LogP contribution in [0, 0.1) is 11.8 Å². The van der Waals surface area contributed by atoms with Gasteiger partial charge in [0.25, 0.3) is 24.1 Å². The fraction of sp³-hybridized carbons (Fsp3) is 0.556. The van der Waals surface area contributed by atoms with Gasteiger partial charge >= 0.3 is 0 Å². The Morgan fingerprint density at radius 1 is 1.06 bits per heavy atom. The van der Waals surface area contributed by atoms with E-state index >= 15 is 0 Å². The van der Waals surface area contributed by atoms with Crippen LogP contribution in [-0.2, 0) is 19.1 Å². The maximum absolute atomic E-state index is 14.3. The van der Waals surface area contributed by atoms with Crippen molar-refractivity contribution in [2.75, 3.05) is 74.7 Å². The lowest BCUT2D eigenvalue weighted by Crippen LogP contribution is -2.54. The van der Waals surface area contributed by atoms with Crippen LogP contribution in [-0.4, -0.2) is 146 Å². The van der Waals surface area contributed by atoms with Crippen molar-refractivity contribution in [1.29, 1.82) is 0 Å². The number of ether oxygens (including phenoxy) is 2. The van der Waals surface area contributed by atoms with Crippen molar-refractivity contribution in [1.82, 2.24) is 39.5 Å². The summed E-state index contributed by atoms with van der Waals surface area (Å²) in [6.07, 6.45) is 6.46. The van der Waals surface area contributed by atoms with Crippen LogP contribution in [0.1, 0.15) is 108 Å². The SMILES string of the molecule is C[C@H]1C[C@H](CO)N(c2ccn3ncc(C(=O)Nc4cn(C5CCC(CN6CCO[C@H](COCCCNc7cccc8c7C(=O)N(C7CCC(=O)NC7=O)C8=O)C6)CC5)nc4C(F)F)c3n2)C1. The van der Waals surface area contributed by atoms with E-state index in [1.54, 1.807) is 35.1 Å². The first kappa shape index (κ1) is 45.3. The second kappa shape index (κ2) is 19.5. The Morgan fingerprint density at radius 2 is 1.89 bits per heavy atom. The van der Waals surface area contributed by atoms with Gasteiger partial charge in [0.15, 0.2) is 11.3 Å². The summed E-state index contributed by atoms with van der Waals surface area (Å²) in [6, 6.07) is 5.54. The number of nitrogens with zero attached hydrogens (tertiary/aromatic N) is 8. The van der Waals surface area contributed by atoms with E-state index in [-0.39, 0.29) is 65.7 Å².